The Morgan fingerprint density at radius 1 is 1.50 bits per heavy atom. The molecule has 0 amide bonds. The lowest BCUT2D eigenvalue weighted by molar-refractivity contribution is -0.0689. The molecule has 2 nitrogen and oxygen atoms in total. The first-order valence-corrected chi connectivity index (χ1v) is 4.25. The summed E-state index contributed by atoms with van der Waals surface area (Å²) < 4.78 is 5.23. The monoisotopic (exact) mass is 172 g/mol. The molecule has 0 heterocycles. The maximum Gasteiger partial charge on any atom is 0.0881 e. The van der Waals surface area contributed by atoms with Crippen molar-refractivity contribution in [2.75, 3.05) is 7.11 Å². The second-order valence-electron chi connectivity index (χ2n) is 4.11. The van der Waals surface area contributed by atoms with E-state index in [9.17, 15) is 5.11 Å². The molecular formula is C10H20O2. The molecule has 1 N–H and O–H groups in total. The van der Waals surface area contributed by atoms with Crippen molar-refractivity contribution in [2.45, 2.75) is 39.4 Å². The predicted molar refractivity (Wildman–Crippen MR) is 51.1 cm³/mol. The van der Waals surface area contributed by atoms with E-state index < -0.39 is 6.10 Å². The molecule has 0 aromatic heterocycles. The Hall–Kier alpha value is -0.340. The molecule has 0 aromatic rings. The molecule has 0 aromatic carbocycles. The Bertz CT molecular complexity index is 135. The minimum atomic E-state index is -0.451. The molecule has 72 valence electrons. The van der Waals surface area contributed by atoms with E-state index in [1.807, 2.05) is 20.8 Å². The second-order valence-corrected chi connectivity index (χ2v) is 4.11. The summed E-state index contributed by atoms with van der Waals surface area (Å²) in [5, 5.41) is 9.65. The summed E-state index contributed by atoms with van der Waals surface area (Å²) >= 11 is 0. The molecule has 0 aliphatic carbocycles. The van der Waals surface area contributed by atoms with Gasteiger partial charge in [0.05, 0.1) is 12.2 Å². The first-order chi connectivity index (χ1) is 5.43. The van der Waals surface area contributed by atoms with Crippen LogP contribution in [0.4, 0.5) is 0 Å². The Labute approximate surface area is 75.2 Å². The molecule has 0 bridgehead atoms. The molecule has 0 saturated carbocycles. The molecule has 0 aliphatic heterocycles. The van der Waals surface area contributed by atoms with E-state index in [0.717, 1.165) is 0 Å². The fraction of sp³-hybridized carbons (Fsp3) is 0.800. The van der Waals surface area contributed by atoms with Gasteiger partial charge in [0, 0.05) is 7.11 Å². The summed E-state index contributed by atoms with van der Waals surface area (Å²) in [7, 11) is 1.63. The highest BCUT2D eigenvalue weighted by Crippen LogP contribution is 2.25. The van der Waals surface area contributed by atoms with Crippen molar-refractivity contribution in [1.29, 1.82) is 0 Å². The topological polar surface area (TPSA) is 29.5 Å². The molecule has 2 unspecified atom stereocenters. The minimum absolute atomic E-state index is 0.0306. The summed E-state index contributed by atoms with van der Waals surface area (Å²) in [6.45, 7) is 9.73. The van der Waals surface area contributed by atoms with Crippen molar-refractivity contribution >= 4 is 0 Å². The SMILES string of the molecule is C=CCC(O)C(OC)C(C)(C)C. The van der Waals surface area contributed by atoms with Gasteiger partial charge in [-0.25, -0.2) is 0 Å². The van der Waals surface area contributed by atoms with Gasteiger partial charge in [0.15, 0.2) is 0 Å². The number of methoxy groups -OCH3 is 1. The molecule has 12 heavy (non-hydrogen) atoms. The Kier molecular flexibility index (Phi) is 4.50. The maximum absolute atomic E-state index is 9.65. The van der Waals surface area contributed by atoms with Gasteiger partial charge >= 0.3 is 0 Å². The summed E-state index contributed by atoms with van der Waals surface area (Å²) in [5.74, 6) is 0. The fourth-order valence-corrected chi connectivity index (χ4v) is 1.38. The zero-order valence-corrected chi connectivity index (χ0v) is 8.50. The molecule has 0 saturated heterocycles. The minimum Gasteiger partial charge on any atom is -0.390 e. The highest BCUT2D eigenvalue weighted by molar-refractivity contribution is 4.85. The quantitative estimate of drug-likeness (QED) is 0.657. The van der Waals surface area contributed by atoms with E-state index in [2.05, 4.69) is 6.58 Å². The third-order valence-corrected chi connectivity index (χ3v) is 1.87. The number of aliphatic hydroxyl groups is 1. The molecule has 0 aliphatic rings. The van der Waals surface area contributed by atoms with E-state index in [1.54, 1.807) is 13.2 Å². The van der Waals surface area contributed by atoms with Gasteiger partial charge in [0.2, 0.25) is 0 Å². The van der Waals surface area contributed by atoms with Crippen LogP contribution in [0.25, 0.3) is 0 Å². The average Bonchev–Trinajstić information content (AvgIpc) is 1.85. The molecule has 0 rings (SSSR count). The van der Waals surface area contributed by atoms with Crippen LogP contribution in [-0.4, -0.2) is 24.4 Å². The van der Waals surface area contributed by atoms with E-state index in [4.69, 9.17) is 4.74 Å². The van der Waals surface area contributed by atoms with Gasteiger partial charge in [-0.1, -0.05) is 26.8 Å². The number of hydrogen-bond donors (Lipinski definition) is 1. The zero-order valence-electron chi connectivity index (χ0n) is 8.50. The summed E-state index contributed by atoms with van der Waals surface area (Å²) in [5.41, 5.74) is -0.0306. The van der Waals surface area contributed by atoms with Crippen LogP contribution in [0.5, 0.6) is 0 Å². The van der Waals surface area contributed by atoms with Crippen molar-refractivity contribution < 1.29 is 9.84 Å². The molecule has 2 atom stereocenters. The molecule has 2 heteroatoms. The predicted octanol–water partition coefficient (Wildman–Crippen LogP) is 1.98. The van der Waals surface area contributed by atoms with Gasteiger partial charge in [-0.15, -0.1) is 6.58 Å². The average molecular weight is 172 g/mol. The van der Waals surface area contributed by atoms with E-state index >= 15 is 0 Å². The van der Waals surface area contributed by atoms with E-state index in [-0.39, 0.29) is 11.5 Å². The highest BCUT2D eigenvalue weighted by atomic mass is 16.5. The van der Waals surface area contributed by atoms with Crippen molar-refractivity contribution in [2.24, 2.45) is 5.41 Å². The third kappa shape index (κ3) is 3.37. The van der Waals surface area contributed by atoms with Crippen LogP contribution in [0.15, 0.2) is 12.7 Å². The van der Waals surface area contributed by atoms with Crippen LogP contribution in [0.2, 0.25) is 0 Å². The second kappa shape index (κ2) is 4.63. The molecule has 0 spiro atoms. The Morgan fingerprint density at radius 2 is 2.00 bits per heavy atom. The first kappa shape index (κ1) is 11.7. The van der Waals surface area contributed by atoms with Gasteiger partial charge in [-0.3, -0.25) is 0 Å². The van der Waals surface area contributed by atoms with Crippen molar-refractivity contribution in [3.63, 3.8) is 0 Å². The van der Waals surface area contributed by atoms with Gasteiger partial charge in [-0.05, 0) is 11.8 Å². The zero-order chi connectivity index (χ0) is 9.78. The van der Waals surface area contributed by atoms with Crippen molar-refractivity contribution in [3.05, 3.63) is 12.7 Å². The molecule has 0 radical (unpaired) electrons. The smallest absolute Gasteiger partial charge is 0.0881 e. The first-order valence-electron chi connectivity index (χ1n) is 4.25. The lowest BCUT2D eigenvalue weighted by Crippen LogP contribution is -2.39. The normalized spacial score (nSPS) is 17.1. The number of rotatable bonds is 4. The summed E-state index contributed by atoms with van der Waals surface area (Å²) in [6.07, 6.45) is 1.71. The Balaban J connectivity index is 4.23. The van der Waals surface area contributed by atoms with Crippen LogP contribution in [0.1, 0.15) is 27.2 Å². The van der Waals surface area contributed by atoms with Crippen LogP contribution < -0.4 is 0 Å². The van der Waals surface area contributed by atoms with Crippen LogP contribution in [-0.2, 0) is 4.74 Å². The largest absolute Gasteiger partial charge is 0.390 e. The van der Waals surface area contributed by atoms with Gasteiger partial charge in [-0.2, -0.15) is 0 Å². The number of aliphatic hydroxyl groups excluding tert-OH is 1. The summed E-state index contributed by atoms with van der Waals surface area (Å²) in [4.78, 5) is 0. The van der Waals surface area contributed by atoms with Crippen LogP contribution in [0, 0.1) is 5.41 Å². The van der Waals surface area contributed by atoms with E-state index in [1.165, 1.54) is 0 Å². The van der Waals surface area contributed by atoms with Crippen molar-refractivity contribution in [3.8, 4) is 0 Å². The van der Waals surface area contributed by atoms with Gasteiger partial charge in [0.25, 0.3) is 0 Å². The molecular weight excluding hydrogens is 152 g/mol. The van der Waals surface area contributed by atoms with Crippen molar-refractivity contribution in [1.82, 2.24) is 0 Å². The summed E-state index contributed by atoms with van der Waals surface area (Å²) in [6, 6.07) is 0. The van der Waals surface area contributed by atoms with Crippen LogP contribution >= 0.6 is 0 Å². The lowest BCUT2D eigenvalue weighted by Gasteiger charge is -2.32. The Morgan fingerprint density at radius 3 is 2.25 bits per heavy atom. The number of hydrogen-bond acceptors (Lipinski definition) is 2. The highest BCUT2D eigenvalue weighted by Gasteiger charge is 2.30. The maximum atomic E-state index is 9.65. The standard InChI is InChI=1S/C10H20O2/c1-6-7-8(11)9(12-5)10(2,3)4/h6,8-9,11H,1,7H2,2-5H3. The fourth-order valence-electron chi connectivity index (χ4n) is 1.38. The van der Waals surface area contributed by atoms with Gasteiger partial charge < -0.3 is 9.84 Å². The van der Waals surface area contributed by atoms with Gasteiger partial charge in [0.1, 0.15) is 0 Å². The van der Waals surface area contributed by atoms with E-state index in [0.29, 0.717) is 6.42 Å². The lowest BCUT2D eigenvalue weighted by atomic mass is 9.85. The number of ether oxygens (including phenoxy) is 1. The molecule has 0 fully saturated rings. The van der Waals surface area contributed by atoms with Crippen LogP contribution in [0.3, 0.4) is 0 Å². The third-order valence-electron chi connectivity index (χ3n) is 1.87.